The lowest BCUT2D eigenvalue weighted by Gasteiger charge is -2.35. The maximum atomic E-state index is 12.4. The first-order chi connectivity index (χ1) is 9.50. The molecule has 1 aliphatic heterocycles. The first-order valence-corrected chi connectivity index (χ1v) is 7.46. The van der Waals surface area contributed by atoms with Crippen molar-refractivity contribution in [3.63, 3.8) is 0 Å². The summed E-state index contributed by atoms with van der Waals surface area (Å²) in [5, 5.41) is 0. The molecule has 1 fully saturated rings. The zero-order chi connectivity index (χ0) is 14.7. The second-order valence-electron chi connectivity index (χ2n) is 6.17. The Balaban J connectivity index is 2.41. The Kier molecular flexibility index (Phi) is 4.76. The predicted octanol–water partition coefficient (Wildman–Crippen LogP) is 2.43. The SMILES string of the molecule is Cc1ccncc1C1C(N)CCCC(=O)N1CC(C)C. The maximum absolute atomic E-state index is 12.4. The third-order valence-corrected chi connectivity index (χ3v) is 3.95. The summed E-state index contributed by atoms with van der Waals surface area (Å²) < 4.78 is 0. The monoisotopic (exact) mass is 275 g/mol. The van der Waals surface area contributed by atoms with Gasteiger partial charge in [-0.3, -0.25) is 9.78 Å². The summed E-state index contributed by atoms with van der Waals surface area (Å²) in [6, 6.07) is 1.94. The topological polar surface area (TPSA) is 59.2 Å². The molecule has 2 unspecified atom stereocenters. The van der Waals surface area contributed by atoms with Crippen LogP contribution in [0.15, 0.2) is 18.5 Å². The summed E-state index contributed by atoms with van der Waals surface area (Å²) in [7, 11) is 0. The van der Waals surface area contributed by atoms with Gasteiger partial charge in [-0.1, -0.05) is 13.8 Å². The molecule has 2 heterocycles. The van der Waals surface area contributed by atoms with Crippen LogP contribution in [0, 0.1) is 12.8 Å². The Morgan fingerprint density at radius 1 is 1.50 bits per heavy atom. The molecule has 0 radical (unpaired) electrons. The van der Waals surface area contributed by atoms with Crippen molar-refractivity contribution in [1.29, 1.82) is 0 Å². The fourth-order valence-electron chi connectivity index (χ4n) is 2.97. The Bertz CT molecular complexity index is 473. The molecule has 20 heavy (non-hydrogen) atoms. The molecule has 2 atom stereocenters. The van der Waals surface area contributed by atoms with Crippen LogP contribution in [0.4, 0.5) is 0 Å². The normalized spacial score (nSPS) is 24.1. The maximum Gasteiger partial charge on any atom is 0.223 e. The second-order valence-corrected chi connectivity index (χ2v) is 6.17. The standard InChI is InChI=1S/C16H25N3O/c1-11(2)10-19-15(20)6-4-5-14(17)16(19)13-9-18-8-7-12(13)3/h7-9,11,14,16H,4-6,10,17H2,1-3H3. The lowest BCUT2D eigenvalue weighted by molar-refractivity contribution is -0.133. The molecule has 1 aliphatic rings. The van der Waals surface area contributed by atoms with Gasteiger partial charge in [0.25, 0.3) is 0 Å². The van der Waals surface area contributed by atoms with E-state index in [9.17, 15) is 4.79 Å². The van der Waals surface area contributed by atoms with Crippen LogP contribution in [0.25, 0.3) is 0 Å². The molecular formula is C16H25N3O. The van der Waals surface area contributed by atoms with Gasteiger partial charge >= 0.3 is 0 Å². The Hall–Kier alpha value is -1.42. The lowest BCUT2D eigenvalue weighted by Crippen LogP contribution is -2.44. The van der Waals surface area contributed by atoms with Gasteiger partial charge in [-0.05, 0) is 42.9 Å². The number of hydrogen-bond acceptors (Lipinski definition) is 3. The van der Waals surface area contributed by atoms with E-state index in [1.54, 1.807) is 6.20 Å². The molecule has 0 bridgehead atoms. The third kappa shape index (κ3) is 3.18. The highest BCUT2D eigenvalue weighted by Gasteiger charge is 2.33. The quantitative estimate of drug-likeness (QED) is 0.921. The third-order valence-electron chi connectivity index (χ3n) is 3.95. The lowest BCUT2D eigenvalue weighted by atomic mass is 9.94. The number of carbonyl (C=O) groups excluding carboxylic acids is 1. The van der Waals surface area contributed by atoms with E-state index in [4.69, 9.17) is 5.73 Å². The van der Waals surface area contributed by atoms with Crippen molar-refractivity contribution in [2.45, 2.75) is 52.1 Å². The van der Waals surface area contributed by atoms with Crippen molar-refractivity contribution in [3.8, 4) is 0 Å². The molecule has 4 heteroatoms. The number of hydrogen-bond donors (Lipinski definition) is 1. The molecular weight excluding hydrogens is 250 g/mol. The summed E-state index contributed by atoms with van der Waals surface area (Å²) >= 11 is 0. The first kappa shape index (κ1) is 15.0. The van der Waals surface area contributed by atoms with Crippen molar-refractivity contribution < 1.29 is 4.79 Å². The van der Waals surface area contributed by atoms with E-state index in [1.807, 2.05) is 17.2 Å². The summed E-state index contributed by atoms with van der Waals surface area (Å²) in [5.74, 6) is 0.656. The van der Waals surface area contributed by atoms with E-state index >= 15 is 0 Å². The Morgan fingerprint density at radius 2 is 2.25 bits per heavy atom. The zero-order valence-electron chi connectivity index (χ0n) is 12.7. The molecule has 1 aromatic heterocycles. The van der Waals surface area contributed by atoms with Crippen molar-refractivity contribution in [3.05, 3.63) is 29.6 Å². The average molecular weight is 275 g/mol. The van der Waals surface area contributed by atoms with Gasteiger partial charge in [0.05, 0.1) is 6.04 Å². The van der Waals surface area contributed by atoms with Gasteiger partial charge < -0.3 is 10.6 Å². The Morgan fingerprint density at radius 3 is 2.90 bits per heavy atom. The Labute approximate surface area is 121 Å². The van der Waals surface area contributed by atoms with Crippen molar-refractivity contribution in [1.82, 2.24) is 9.88 Å². The minimum absolute atomic E-state index is 0.0110. The number of nitrogens with two attached hydrogens (primary N) is 1. The van der Waals surface area contributed by atoms with E-state index < -0.39 is 0 Å². The molecule has 2 rings (SSSR count). The molecule has 2 N–H and O–H groups in total. The number of rotatable bonds is 3. The minimum atomic E-state index is -0.0406. The number of aromatic nitrogens is 1. The largest absolute Gasteiger partial charge is 0.334 e. The molecule has 1 amide bonds. The van der Waals surface area contributed by atoms with Gasteiger partial charge in [0.2, 0.25) is 5.91 Å². The van der Waals surface area contributed by atoms with E-state index in [0.717, 1.165) is 30.5 Å². The predicted molar refractivity (Wildman–Crippen MR) is 80.1 cm³/mol. The fourth-order valence-corrected chi connectivity index (χ4v) is 2.97. The minimum Gasteiger partial charge on any atom is -0.334 e. The van der Waals surface area contributed by atoms with Crippen LogP contribution in [0.2, 0.25) is 0 Å². The molecule has 1 aromatic rings. The van der Waals surface area contributed by atoms with Gasteiger partial charge in [-0.2, -0.15) is 0 Å². The van der Waals surface area contributed by atoms with Crippen molar-refractivity contribution in [2.75, 3.05) is 6.54 Å². The van der Waals surface area contributed by atoms with Crippen LogP contribution in [-0.2, 0) is 4.79 Å². The van der Waals surface area contributed by atoms with E-state index in [2.05, 4.69) is 25.8 Å². The molecule has 0 saturated carbocycles. The number of carbonyl (C=O) groups is 1. The van der Waals surface area contributed by atoms with Crippen molar-refractivity contribution in [2.24, 2.45) is 11.7 Å². The fraction of sp³-hybridized carbons (Fsp3) is 0.625. The smallest absolute Gasteiger partial charge is 0.223 e. The van der Waals surface area contributed by atoms with Gasteiger partial charge in [0, 0.05) is 31.4 Å². The molecule has 0 spiro atoms. The second kappa shape index (κ2) is 6.35. The van der Waals surface area contributed by atoms with Crippen LogP contribution in [0.5, 0.6) is 0 Å². The van der Waals surface area contributed by atoms with E-state index in [0.29, 0.717) is 12.3 Å². The summed E-state index contributed by atoms with van der Waals surface area (Å²) in [4.78, 5) is 18.6. The van der Waals surface area contributed by atoms with Gasteiger partial charge in [-0.25, -0.2) is 0 Å². The summed E-state index contributed by atoms with van der Waals surface area (Å²) in [5.41, 5.74) is 8.64. The number of amides is 1. The van der Waals surface area contributed by atoms with Crippen LogP contribution >= 0.6 is 0 Å². The van der Waals surface area contributed by atoms with Gasteiger partial charge in [0.15, 0.2) is 0 Å². The average Bonchev–Trinajstić information content (AvgIpc) is 2.51. The van der Waals surface area contributed by atoms with Gasteiger partial charge in [-0.15, -0.1) is 0 Å². The summed E-state index contributed by atoms with van der Waals surface area (Å²) in [6.07, 6.45) is 6.03. The number of aryl methyl sites for hydroxylation is 1. The molecule has 110 valence electrons. The van der Waals surface area contributed by atoms with Crippen LogP contribution in [0.1, 0.15) is 50.3 Å². The number of pyridine rings is 1. The van der Waals surface area contributed by atoms with E-state index in [-0.39, 0.29) is 18.0 Å². The van der Waals surface area contributed by atoms with Crippen LogP contribution in [0.3, 0.4) is 0 Å². The van der Waals surface area contributed by atoms with Crippen LogP contribution in [-0.4, -0.2) is 28.4 Å². The number of nitrogens with zero attached hydrogens (tertiary/aromatic N) is 2. The van der Waals surface area contributed by atoms with Crippen LogP contribution < -0.4 is 5.73 Å². The highest BCUT2D eigenvalue weighted by molar-refractivity contribution is 5.77. The first-order valence-electron chi connectivity index (χ1n) is 7.46. The van der Waals surface area contributed by atoms with E-state index in [1.165, 1.54) is 0 Å². The van der Waals surface area contributed by atoms with Crippen molar-refractivity contribution >= 4 is 5.91 Å². The molecule has 1 saturated heterocycles. The molecule has 0 aliphatic carbocycles. The summed E-state index contributed by atoms with van der Waals surface area (Å²) in [6.45, 7) is 7.09. The highest BCUT2D eigenvalue weighted by Crippen LogP contribution is 2.32. The molecule has 0 aromatic carbocycles. The highest BCUT2D eigenvalue weighted by atomic mass is 16.2. The number of likely N-dealkylation sites (tertiary alicyclic amines) is 1. The molecule has 4 nitrogen and oxygen atoms in total. The van der Waals surface area contributed by atoms with Gasteiger partial charge in [0.1, 0.15) is 0 Å². The zero-order valence-corrected chi connectivity index (χ0v) is 12.7.